The van der Waals surface area contributed by atoms with Gasteiger partial charge in [-0.05, 0) is 40.1 Å². The minimum Gasteiger partial charge on any atom is -0.468 e. The normalized spacial score (nSPS) is 13.1. The molecule has 0 bridgehead atoms. The zero-order valence-electron chi connectivity index (χ0n) is 10.8. The molecular formula is C12H21BrO2Si. The van der Waals surface area contributed by atoms with Crippen molar-refractivity contribution in [2.24, 2.45) is 0 Å². The number of rotatable bonds is 4. The summed E-state index contributed by atoms with van der Waals surface area (Å²) in [6, 6.07) is 1.92. The van der Waals surface area contributed by atoms with E-state index in [4.69, 9.17) is 8.84 Å². The highest BCUT2D eigenvalue weighted by Crippen LogP contribution is 2.36. The second-order valence-electron chi connectivity index (χ2n) is 5.55. The van der Waals surface area contributed by atoms with Gasteiger partial charge in [0.15, 0.2) is 8.32 Å². The Balaban J connectivity index is 2.45. The molecule has 0 fully saturated rings. The minimum absolute atomic E-state index is 0.271. The van der Waals surface area contributed by atoms with E-state index in [-0.39, 0.29) is 5.04 Å². The number of hydrogen-bond donors (Lipinski definition) is 0. The Kier molecular flexibility index (Phi) is 4.43. The van der Waals surface area contributed by atoms with E-state index in [1.54, 1.807) is 6.26 Å². The standard InChI is InChI=1S/C12H21BrO2Si/c1-12(2,3)16(4,5)15-9-7-11-10(13)6-8-14-11/h6,8H,7,9H2,1-5H3. The van der Waals surface area contributed by atoms with Crippen molar-refractivity contribution in [1.29, 1.82) is 0 Å². The van der Waals surface area contributed by atoms with Gasteiger partial charge in [0.25, 0.3) is 0 Å². The quantitative estimate of drug-likeness (QED) is 0.758. The third kappa shape index (κ3) is 3.47. The van der Waals surface area contributed by atoms with E-state index in [1.807, 2.05) is 6.07 Å². The van der Waals surface area contributed by atoms with Crippen LogP contribution in [0.3, 0.4) is 0 Å². The molecule has 0 aliphatic heterocycles. The molecule has 0 N–H and O–H groups in total. The van der Waals surface area contributed by atoms with Crippen molar-refractivity contribution >= 4 is 24.2 Å². The smallest absolute Gasteiger partial charge is 0.191 e. The Morgan fingerprint density at radius 2 is 2.00 bits per heavy atom. The summed E-state index contributed by atoms with van der Waals surface area (Å²) in [6.45, 7) is 12.0. The van der Waals surface area contributed by atoms with Crippen molar-refractivity contribution < 1.29 is 8.84 Å². The first-order chi connectivity index (χ1) is 7.24. The fourth-order valence-corrected chi connectivity index (χ4v) is 2.56. The van der Waals surface area contributed by atoms with Crippen LogP contribution in [0.2, 0.25) is 18.1 Å². The van der Waals surface area contributed by atoms with Crippen molar-refractivity contribution in [2.75, 3.05) is 6.61 Å². The maximum absolute atomic E-state index is 6.08. The first-order valence-electron chi connectivity index (χ1n) is 5.60. The number of furan rings is 1. The van der Waals surface area contributed by atoms with E-state index in [0.717, 1.165) is 23.3 Å². The molecule has 92 valence electrons. The summed E-state index contributed by atoms with van der Waals surface area (Å²) in [4.78, 5) is 0. The Labute approximate surface area is 108 Å². The Morgan fingerprint density at radius 3 is 2.44 bits per heavy atom. The van der Waals surface area contributed by atoms with E-state index >= 15 is 0 Å². The van der Waals surface area contributed by atoms with Crippen molar-refractivity contribution in [3.05, 3.63) is 22.6 Å². The van der Waals surface area contributed by atoms with Crippen LogP contribution in [0.1, 0.15) is 26.5 Å². The number of halogens is 1. The average molecular weight is 305 g/mol. The summed E-state index contributed by atoms with van der Waals surface area (Å²) < 4.78 is 12.5. The molecule has 0 unspecified atom stereocenters. The molecule has 2 nitrogen and oxygen atoms in total. The fourth-order valence-electron chi connectivity index (χ4n) is 1.12. The van der Waals surface area contributed by atoms with Crippen molar-refractivity contribution in [3.8, 4) is 0 Å². The lowest BCUT2D eigenvalue weighted by molar-refractivity contribution is 0.281. The molecule has 0 saturated carbocycles. The van der Waals surface area contributed by atoms with E-state index in [9.17, 15) is 0 Å². The molecular weight excluding hydrogens is 284 g/mol. The van der Waals surface area contributed by atoms with E-state index < -0.39 is 8.32 Å². The Bertz CT molecular complexity index is 339. The lowest BCUT2D eigenvalue weighted by atomic mass is 10.2. The van der Waals surface area contributed by atoms with Crippen LogP contribution >= 0.6 is 15.9 Å². The molecule has 0 saturated heterocycles. The van der Waals surface area contributed by atoms with Gasteiger partial charge in [-0.3, -0.25) is 0 Å². The SMILES string of the molecule is CC(C)(C)[Si](C)(C)OCCc1occc1Br. The van der Waals surface area contributed by atoms with Gasteiger partial charge in [0.05, 0.1) is 10.7 Å². The van der Waals surface area contributed by atoms with Crippen LogP contribution in [-0.4, -0.2) is 14.9 Å². The second kappa shape index (κ2) is 5.06. The van der Waals surface area contributed by atoms with Gasteiger partial charge >= 0.3 is 0 Å². The molecule has 0 aliphatic rings. The summed E-state index contributed by atoms with van der Waals surface area (Å²) in [5.74, 6) is 0.971. The van der Waals surface area contributed by atoms with Crippen LogP contribution in [-0.2, 0) is 10.8 Å². The summed E-state index contributed by atoms with van der Waals surface area (Å²) >= 11 is 3.45. The first-order valence-corrected chi connectivity index (χ1v) is 9.30. The first kappa shape index (κ1) is 14.0. The Morgan fingerprint density at radius 1 is 1.38 bits per heavy atom. The zero-order valence-corrected chi connectivity index (χ0v) is 13.3. The molecule has 0 aliphatic carbocycles. The van der Waals surface area contributed by atoms with E-state index in [2.05, 4.69) is 49.8 Å². The molecule has 1 rings (SSSR count). The fraction of sp³-hybridized carbons (Fsp3) is 0.667. The lowest BCUT2D eigenvalue weighted by Crippen LogP contribution is -2.41. The summed E-state index contributed by atoms with van der Waals surface area (Å²) in [5, 5.41) is 0.271. The predicted molar refractivity (Wildman–Crippen MR) is 73.3 cm³/mol. The lowest BCUT2D eigenvalue weighted by Gasteiger charge is -2.36. The van der Waals surface area contributed by atoms with E-state index in [0.29, 0.717) is 0 Å². The van der Waals surface area contributed by atoms with Crippen molar-refractivity contribution in [2.45, 2.75) is 45.3 Å². The molecule has 0 amide bonds. The van der Waals surface area contributed by atoms with Crippen LogP contribution in [0.15, 0.2) is 21.2 Å². The van der Waals surface area contributed by atoms with Gasteiger partial charge < -0.3 is 8.84 Å². The van der Waals surface area contributed by atoms with Gasteiger partial charge in [0.2, 0.25) is 0 Å². The van der Waals surface area contributed by atoms with Gasteiger partial charge in [-0.25, -0.2) is 0 Å². The maximum Gasteiger partial charge on any atom is 0.191 e. The highest BCUT2D eigenvalue weighted by atomic mass is 79.9. The maximum atomic E-state index is 6.08. The molecule has 4 heteroatoms. The van der Waals surface area contributed by atoms with Crippen LogP contribution in [0.25, 0.3) is 0 Å². The third-order valence-corrected chi connectivity index (χ3v) is 8.53. The highest BCUT2D eigenvalue weighted by Gasteiger charge is 2.36. The Hall–Kier alpha value is -0.0631. The third-order valence-electron chi connectivity index (χ3n) is 3.29. The van der Waals surface area contributed by atoms with Crippen LogP contribution < -0.4 is 0 Å². The van der Waals surface area contributed by atoms with Gasteiger partial charge in [0.1, 0.15) is 5.76 Å². The molecule has 0 aromatic carbocycles. The molecule has 16 heavy (non-hydrogen) atoms. The van der Waals surface area contributed by atoms with E-state index in [1.165, 1.54) is 0 Å². The molecule has 1 aromatic heterocycles. The summed E-state index contributed by atoms with van der Waals surface area (Å²) in [5.41, 5.74) is 0. The second-order valence-corrected chi connectivity index (χ2v) is 11.2. The number of hydrogen-bond acceptors (Lipinski definition) is 2. The van der Waals surface area contributed by atoms with Gasteiger partial charge in [-0.15, -0.1) is 0 Å². The minimum atomic E-state index is -1.61. The van der Waals surface area contributed by atoms with Crippen molar-refractivity contribution in [3.63, 3.8) is 0 Å². The van der Waals surface area contributed by atoms with Crippen LogP contribution in [0, 0.1) is 0 Å². The molecule has 1 heterocycles. The predicted octanol–water partition coefficient (Wildman–Crippen LogP) is 4.61. The van der Waals surface area contributed by atoms with Crippen molar-refractivity contribution in [1.82, 2.24) is 0 Å². The molecule has 0 spiro atoms. The van der Waals surface area contributed by atoms with Crippen LogP contribution in [0.4, 0.5) is 0 Å². The van der Waals surface area contributed by atoms with Gasteiger partial charge in [-0.1, -0.05) is 20.8 Å². The summed E-state index contributed by atoms with van der Waals surface area (Å²) in [6.07, 6.45) is 2.53. The zero-order chi connectivity index (χ0) is 12.4. The molecule has 0 radical (unpaired) electrons. The average Bonchev–Trinajstić information content (AvgIpc) is 2.49. The molecule has 0 atom stereocenters. The highest BCUT2D eigenvalue weighted by molar-refractivity contribution is 9.10. The summed E-state index contributed by atoms with van der Waals surface area (Å²) in [7, 11) is -1.61. The van der Waals surface area contributed by atoms with Gasteiger partial charge in [0, 0.05) is 13.0 Å². The topological polar surface area (TPSA) is 22.4 Å². The molecule has 1 aromatic rings. The monoisotopic (exact) mass is 304 g/mol. The van der Waals surface area contributed by atoms with Crippen LogP contribution in [0.5, 0.6) is 0 Å². The van der Waals surface area contributed by atoms with Gasteiger partial charge in [-0.2, -0.15) is 0 Å². The largest absolute Gasteiger partial charge is 0.468 e.